The number of carbonyl (C=O) groups is 8. The quantitative estimate of drug-likeness (QED) is 0.0316. The van der Waals surface area contributed by atoms with Crippen LogP contribution in [-0.4, -0.2) is 95.9 Å². The fraction of sp³-hybridized carbons (Fsp3) is 0.559. The second-order valence-corrected chi connectivity index (χ2v) is 21.1. The van der Waals surface area contributed by atoms with Crippen LogP contribution in [-0.2, 0) is 57.6 Å². The summed E-state index contributed by atoms with van der Waals surface area (Å²) in [6.45, 7) is 10.3. The Bertz CT molecular complexity index is 2230. The van der Waals surface area contributed by atoms with Crippen molar-refractivity contribution < 1.29 is 43.5 Å². The second kappa shape index (κ2) is 34.5. The minimum Gasteiger partial charge on any atom is -0.480 e. The van der Waals surface area contributed by atoms with Gasteiger partial charge in [0.15, 0.2) is 17.3 Å². The molecule has 16 nitrogen and oxygen atoms in total. The maximum absolute atomic E-state index is 14.1. The van der Waals surface area contributed by atoms with Gasteiger partial charge in [-0.3, -0.25) is 33.6 Å². The molecule has 0 spiro atoms. The van der Waals surface area contributed by atoms with E-state index in [9.17, 15) is 43.5 Å². The van der Waals surface area contributed by atoms with Crippen LogP contribution in [0.1, 0.15) is 128 Å². The molecule has 3 aromatic rings. The molecule has 0 unspecified atom stereocenters. The predicted molar refractivity (Wildman–Crippen MR) is 293 cm³/mol. The van der Waals surface area contributed by atoms with Crippen molar-refractivity contribution in [2.45, 2.75) is 155 Å². The number of hydrogen-bond acceptors (Lipinski definition) is 11. The number of aliphatic carboxylic acids is 1. The summed E-state index contributed by atoms with van der Waals surface area (Å²) in [5.41, 5.74) is 20.8. The van der Waals surface area contributed by atoms with Crippen molar-refractivity contribution in [3.8, 4) is 0 Å². The molecule has 8 atom stereocenters. The Morgan fingerprint density at radius 3 is 1.35 bits per heavy atom. The molecule has 0 radical (unpaired) electrons. The molecule has 0 aliphatic rings. The molecular weight excluding hydrogens is 951 g/mol. The number of benzene rings is 3. The molecule has 412 valence electrons. The molecule has 0 heterocycles. The third kappa shape index (κ3) is 24.4. The van der Waals surface area contributed by atoms with Crippen LogP contribution in [0.2, 0.25) is 0 Å². The highest BCUT2D eigenvalue weighted by atomic mass is 16.4. The number of ketones is 3. The number of carbonyl (C=O) groups excluding carboxylic acids is 7. The highest BCUT2D eigenvalue weighted by molar-refractivity contribution is 5.95. The number of Topliss-reactive ketones (excluding diaryl/α,β-unsaturated/α-hetero) is 3. The third-order valence-electron chi connectivity index (χ3n) is 13.5. The SMILES string of the molecule is CC(C)C[C@@H](NC(=O)[C@H](CC(=O)[C@H](N)Cc1ccccc1)Cc1ccccc1)C(=O)C[C@H](CCCN)C(=O)NCCCC[C@H](NC(=O)[C@@H](CCCN)CC(=O)[C@@H](CC(C)C)NC(=O)[C@H](C)Cc1ccccc1)C(=O)O. The first kappa shape index (κ1) is 63.2. The summed E-state index contributed by atoms with van der Waals surface area (Å²) >= 11 is 0. The summed E-state index contributed by atoms with van der Waals surface area (Å²) in [5.74, 6) is -6.59. The number of nitrogens with two attached hydrogens (primary N) is 3. The normalized spacial score (nSPS) is 14.6. The van der Waals surface area contributed by atoms with Crippen LogP contribution in [0, 0.1) is 35.5 Å². The molecule has 0 fully saturated rings. The second-order valence-electron chi connectivity index (χ2n) is 21.1. The van der Waals surface area contributed by atoms with E-state index in [4.69, 9.17) is 17.2 Å². The summed E-state index contributed by atoms with van der Waals surface area (Å²) < 4.78 is 0. The molecule has 0 bridgehead atoms. The largest absolute Gasteiger partial charge is 0.480 e. The van der Waals surface area contributed by atoms with E-state index in [1.165, 1.54) is 0 Å². The fourth-order valence-corrected chi connectivity index (χ4v) is 9.21. The van der Waals surface area contributed by atoms with Gasteiger partial charge in [0.05, 0.1) is 18.1 Å². The Morgan fingerprint density at radius 2 is 0.880 bits per heavy atom. The van der Waals surface area contributed by atoms with Gasteiger partial charge < -0.3 is 43.6 Å². The van der Waals surface area contributed by atoms with Gasteiger partial charge in [0, 0.05) is 49.5 Å². The predicted octanol–water partition coefficient (Wildman–Crippen LogP) is 5.80. The van der Waals surface area contributed by atoms with Crippen molar-refractivity contribution >= 4 is 46.9 Å². The van der Waals surface area contributed by atoms with E-state index in [0.29, 0.717) is 64.3 Å². The highest BCUT2D eigenvalue weighted by Crippen LogP contribution is 2.22. The molecule has 4 amide bonds. The number of carboxylic acids is 1. The van der Waals surface area contributed by atoms with Gasteiger partial charge in [-0.1, -0.05) is 126 Å². The van der Waals surface area contributed by atoms with E-state index in [1.54, 1.807) is 6.92 Å². The average Bonchev–Trinajstić information content (AvgIpc) is 3.37. The lowest BCUT2D eigenvalue weighted by atomic mass is 9.88. The summed E-state index contributed by atoms with van der Waals surface area (Å²) in [7, 11) is 0. The smallest absolute Gasteiger partial charge is 0.326 e. The average molecular weight is 1040 g/mol. The van der Waals surface area contributed by atoms with Crippen LogP contribution in [0.25, 0.3) is 0 Å². The van der Waals surface area contributed by atoms with Crippen molar-refractivity contribution in [3.63, 3.8) is 0 Å². The Kier molecular flexibility index (Phi) is 29.0. The van der Waals surface area contributed by atoms with Crippen LogP contribution in [0.5, 0.6) is 0 Å². The lowest BCUT2D eigenvalue weighted by molar-refractivity contribution is -0.143. The Balaban J connectivity index is 1.62. The van der Waals surface area contributed by atoms with Gasteiger partial charge in [0.2, 0.25) is 23.6 Å². The maximum Gasteiger partial charge on any atom is 0.326 e. The van der Waals surface area contributed by atoms with Crippen LogP contribution >= 0.6 is 0 Å². The zero-order valence-corrected chi connectivity index (χ0v) is 45.1. The minimum absolute atomic E-state index is 0.00338. The first-order chi connectivity index (χ1) is 35.8. The van der Waals surface area contributed by atoms with Crippen molar-refractivity contribution in [2.24, 2.45) is 52.7 Å². The summed E-state index contributed by atoms with van der Waals surface area (Å²) in [6, 6.07) is 24.5. The first-order valence-corrected chi connectivity index (χ1v) is 27.1. The van der Waals surface area contributed by atoms with Gasteiger partial charge >= 0.3 is 5.97 Å². The first-order valence-electron chi connectivity index (χ1n) is 27.1. The molecule has 75 heavy (non-hydrogen) atoms. The lowest BCUT2D eigenvalue weighted by Gasteiger charge is -2.25. The summed E-state index contributed by atoms with van der Waals surface area (Å²) in [4.78, 5) is 109. The molecule has 0 aromatic heterocycles. The van der Waals surface area contributed by atoms with Crippen LogP contribution in [0.15, 0.2) is 91.0 Å². The molecule has 0 aliphatic carbocycles. The fourth-order valence-electron chi connectivity index (χ4n) is 9.21. The Labute approximate surface area is 445 Å². The molecule has 3 aromatic carbocycles. The van der Waals surface area contributed by atoms with Gasteiger partial charge in [-0.15, -0.1) is 0 Å². The van der Waals surface area contributed by atoms with Crippen molar-refractivity contribution in [1.29, 1.82) is 0 Å². The molecule has 0 saturated heterocycles. The van der Waals surface area contributed by atoms with Gasteiger partial charge in [-0.25, -0.2) is 4.79 Å². The van der Waals surface area contributed by atoms with Crippen molar-refractivity contribution in [3.05, 3.63) is 108 Å². The van der Waals surface area contributed by atoms with Crippen LogP contribution < -0.4 is 38.5 Å². The van der Waals surface area contributed by atoms with Gasteiger partial charge in [0.25, 0.3) is 0 Å². The third-order valence-corrected chi connectivity index (χ3v) is 13.5. The van der Waals surface area contributed by atoms with E-state index >= 15 is 0 Å². The minimum atomic E-state index is -1.27. The molecular formula is C59H87N7O9. The van der Waals surface area contributed by atoms with Crippen molar-refractivity contribution in [1.82, 2.24) is 21.3 Å². The Morgan fingerprint density at radius 1 is 0.467 bits per heavy atom. The number of unbranched alkanes of at least 4 members (excludes halogenated alkanes) is 1. The van der Waals surface area contributed by atoms with E-state index < -0.39 is 65.6 Å². The monoisotopic (exact) mass is 1040 g/mol. The van der Waals surface area contributed by atoms with Crippen LogP contribution in [0.4, 0.5) is 0 Å². The summed E-state index contributed by atoms with van der Waals surface area (Å²) in [5, 5.41) is 21.5. The molecule has 16 heteroatoms. The molecule has 3 rings (SSSR count). The number of hydrogen-bond donors (Lipinski definition) is 8. The molecule has 0 saturated carbocycles. The van der Waals surface area contributed by atoms with Gasteiger partial charge in [0.1, 0.15) is 6.04 Å². The number of rotatable bonds is 38. The van der Waals surface area contributed by atoms with E-state index in [1.807, 2.05) is 119 Å². The number of amides is 4. The van der Waals surface area contributed by atoms with Crippen molar-refractivity contribution in [2.75, 3.05) is 19.6 Å². The topological polar surface area (TPSA) is 283 Å². The lowest BCUT2D eigenvalue weighted by Crippen LogP contribution is -2.47. The van der Waals surface area contributed by atoms with E-state index in [0.717, 1.165) is 16.7 Å². The Hall–Kier alpha value is -6.10. The van der Waals surface area contributed by atoms with Gasteiger partial charge in [-0.2, -0.15) is 0 Å². The summed E-state index contributed by atoms with van der Waals surface area (Å²) in [6.07, 6.45) is 3.45. The molecule has 11 N–H and O–H groups in total. The standard InChI is InChI=1S/C59H87N7O9/c1-39(2)31-50(65-55(70)41(5)33-42-19-9-6-10-20-42)54(69)37-46(26-18-29-61)57(72)64-49(59(74)75)27-15-16-30-63-56(71)45(25-17-28-60)36-53(68)51(32-40(3)4)66-58(73)47(34-43-21-11-7-12-22-43)38-52(67)48(62)35-44-23-13-8-14-24-44/h6-14,19-24,39-41,45-51H,15-18,25-38,60-62H2,1-5H3,(H,63,71)(H,64,72)(H,65,70)(H,66,73)(H,74,75)/t41-,45+,46+,47+,48-,49+,50-,51-/m1/s1. The van der Waals surface area contributed by atoms with E-state index in [-0.39, 0.29) is 92.6 Å². The number of carboxylic acid groups (broad SMARTS) is 1. The highest BCUT2D eigenvalue weighted by Gasteiger charge is 2.33. The van der Waals surface area contributed by atoms with Gasteiger partial charge in [-0.05, 0) is 119 Å². The number of nitrogens with one attached hydrogen (secondary N) is 4. The maximum atomic E-state index is 14.1. The van der Waals surface area contributed by atoms with Crippen LogP contribution in [0.3, 0.4) is 0 Å². The van der Waals surface area contributed by atoms with E-state index in [2.05, 4.69) is 21.3 Å². The zero-order chi connectivity index (χ0) is 55.3. The zero-order valence-electron chi connectivity index (χ0n) is 45.1. The molecule has 0 aliphatic heterocycles.